The van der Waals surface area contributed by atoms with E-state index in [0.29, 0.717) is 31.9 Å². The molecular weight excluding hydrogens is 368 g/mol. The summed E-state index contributed by atoms with van der Waals surface area (Å²) in [5.41, 5.74) is 2.08. The molecule has 1 aliphatic heterocycles. The zero-order valence-corrected chi connectivity index (χ0v) is 16.0. The average Bonchev–Trinajstić information content (AvgIpc) is 2.64. The van der Waals surface area contributed by atoms with Crippen molar-refractivity contribution in [1.82, 2.24) is 0 Å². The van der Waals surface area contributed by atoms with Gasteiger partial charge in [-0.25, -0.2) is 13.2 Å². The van der Waals surface area contributed by atoms with Gasteiger partial charge in [-0.2, -0.15) is 0 Å². The van der Waals surface area contributed by atoms with Crippen LogP contribution in [0.4, 0.5) is 11.4 Å². The number of nitrogens with zero attached hydrogens (tertiary/aromatic N) is 1. The lowest BCUT2D eigenvalue weighted by molar-refractivity contribution is 0.0698. The van der Waals surface area contributed by atoms with Gasteiger partial charge in [0.2, 0.25) is 0 Å². The van der Waals surface area contributed by atoms with Crippen LogP contribution in [0.5, 0.6) is 0 Å². The summed E-state index contributed by atoms with van der Waals surface area (Å²) in [6.45, 7) is 5.97. The summed E-state index contributed by atoms with van der Waals surface area (Å²) < 4.78 is 33.3. The number of anilines is 2. The molecule has 1 heterocycles. The highest BCUT2D eigenvalue weighted by molar-refractivity contribution is 7.92. The summed E-state index contributed by atoms with van der Waals surface area (Å²) in [5.74, 6) is -1.19. The van der Waals surface area contributed by atoms with Crippen LogP contribution in [-0.4, -0.2) is 45.8 Å². The molecule has 3 rings (SSSR count). The van der Waals surface area contributed by atoms with E-state index >= 15 is 0 Å². The summed E-state index contributed by atoms with van der Waals surface area (Å²) >= 11 is 0. The Labute approximate surface area is 158 Å². The van der Waals surface area contributed by atoms with Crippen molar-refractivity contribution in [2.75, 3.05) is 35.9 Å². The molecule has 7 nitrogen and oxygen atoms in total. The molecule has 1 aliphatic rings. The van der Waals surface area contributed by atoms with Crippen molar-refractivity contribution in [3.8, 4) is 0 Å². The van der Waals surface area contributed by atoms with Crippen LogP contribution in [-0.2, 0) is 14.8 Å². The number of ether oxygens (including phenoxy) is 1. The second kappa shape index (κ2) is 7.58. The number of aromatic carboxylic acids is 1. The lowest BCUT2D eigenvalue weighted by atomic mass is 10.1. The topological polar surface area (TPSA) is 95.9 Å². The summed E-state index contributed by atoms with van der Waals surface area (Å²) in [5, 5.41) is 9.58. The van der Waals surface area contributed by atoms with Crippen LogP contribution in [0.15, 0.2) is 41.3 Å². The lowest BCUT2D eigenvalue weighted by Crippen LogP contribution is -2.36. The molecular formula is C19H22N2O5S. The van der Waals surface area contributed by atoms with E-state index in [1.165, 1.54) is 12.1 Å². The van der Waals surface area contributed by atoms with E-state index in [-0.39, 0.29) is 16.1 Å². The van der Waals surface area contributed by atoms with E-state index < -0.39 is 16.0 Å². The highest BCUT2D eigenvalue weighted by Gasteiger charge is 2.22. The van der Waals surface area contributed by atoms with Crippen LogP contribution in [0, 0.1) is 13.8 Å². The first kappa shape index (κ1) is 19.2. The Kier molecular flexibility index (Phi) is 5.38. The fourth-order valence-corrected chi connectivity index (χ4v) is 4.42. The van der Waals surface area contributed by atoms with Crippen LogP contribution < -0.4 is 9.62 Å². The third-order valence-corrected chi connectivity index (χ3v) is 5.99. The number of hydrogen-bond acceptors (Lipinski definition) is 5. The normalized spacial score (nSPS) is 14.8. The van der Waals surface area contributed by atoms with Gasteiger partial charge in [-0.15, -0.1) is 0 Å². The van der Waals surface area contributed by atoms with Gasteiger partial charge in [-0.3, -0.25) is 4.72 Å². The third kappa shape index (κ3) is 4.23. The van der Waals surface area contributed by atoms with Crippen LogP contribution in [0.25, 0.3) is 0 Å². The number of nitrogens with one attached hydrogen (secondary N) is 1. The molecule has 0 spiro atoms. The van der Waals surface area contributed by atoms with Gasteiger partial charge in [0, 0.05) is 18.8 Å². The van der Waals surface area contributed by atoms with Gasteiger partial charge < -0.3 is 14.7 Å². The number of rotatable bonds is 5. The first-order valence-corrected chi connectivity index (χ1v) is 10.1. The predicted octanol–water partition coefficient (Wildman–Crippen LogP) is 2.64. The van der Waals surface area contributed by atoms with Crippen LogP contribution in [0.1, 0.15) is 21.5 Å². The van der Waals surface area contributed by atoms with Crippen molar-refractivity contribution in [3.05, 3.63) is 53.1 Å². The molecule has 2 N–H and O–H groups in total. The van der Waals surface area contributed by atoms with Crippen molar-refractivity contribution in [2.24, 2.45) is 0 Å². The van der Waals surface area contributed by atoms with Gasteiger partial charge in [-0.05, 0) is 49.2 Å². The summed E-state index contributed by atoms with van der Waals surface area (Å²) in [7, 11) is -3.91. The predicted molar refractivity (Wildman–Crippen MR) is 103 cm³/mol. The van der Waals surface area contributed by atoms with Gasteiger partial charge in [0.15, 0.2) is 0 Å². The largest absolute Gasteiger partial charge is 0.478 e. The molecule has 0 aliphatic carbocycles. The Balaban J connectivity index is 1.96. The zero-order valence-electron chi connectivity index (χ0n) is 15.2. The highest BCUT2D eigenvalue weighted by atomic mass is 32.2. The maximum absolute atomic E-state index is 12.8. The number of benzene rings is 2. The Morgan fingerprint density at radius 2 is 1.81 bits per heavy atom. The number of carboxylic acids is 1. The number of carbonyl (C=O) groups is 1. The average molecular weight is 390 g/mol. The number of hydrogen-bond donors (Lipinski definition) is 2. The molecule has 0 radical (unpaired) electrons. The van der Waals surface area contributed by atoms with Crippen LogP contribution in [0.2, 0.25) is 0 Å². The second-order valence-corrected chi connectivity index (χ2v) is 8.16. The van der Waals surface area contributed by atoms with Crippen molar-refractivity contribution >= 4 is 27.4 Å². The second-order valence-electron chi connectivity index (χ2n) is 6.51. The Bertz CT molecular complexity index is 966. The zero-order chi connectivity index (χ0) is 19.6. The van der Waals surface area contributed by atoms with Gasteiger partial charge in [0.25, 0.3) is 10.0 Å². The van der Waals surface area contributed by atoms with E-state index in [1.807, 2.05) is 11.0 Å². The van der Waals surface area contributed by atoms with Gasteiger partial charge in [0.05, 0.1) is 29.4 Å². The van der Waals surface area contributed by atoms with E-state index in [2.05, 4.69) is 4.72 Å². The Morgan fingerprint density at radius 1 is 1.11 bits per heavy atom. The third-order valence-electron chi connectivity index (χ3n) is 4.49. The summed E-state index contributed by atoms with van der Waals surface area (Å²) in [6, 6.07) is 9.84. The van der Waals surface area contributed by atoms with Crippen LogP contribution in [0.3, 0.4) is 0 Å². The van der Waals surface area contributed by atoms with Crippen molar-refractivity contribution < 1.29 is 23.1 Å². The molecule has 8 heteroatoms. The Morgan fingerprint density at radius 3 is 2.48 bits per heavy atom. The van der Waals surface area contributed by atoms with Gasteiger partial charge >= 0.3 is 5.97 Å². The minimum Gasteiger partial charge on any atom is -0.478 e. The van der Waals surface area contributed by atoms with Crippen molar-refractivity contribution in [3.63, 3.8) is 0 Å². The highest BCUT2D eigenvalue weighted by Crippen LogP contribution is 2.27. The van der Waals surface area contributed by atoms with Crippen molar-refractivity contribution in [1.29, 1.82) is 0 Å². The maximum Gasteiger partial charge on any atom is 0.337 e. The molecule has 144 valence electrons. The molecule has 2 aromatic carbocycles. The van der Waals surface area contributed by atoms with Crippen molar-refractivity contribution in [2.45, 2.75) is 18.7 Å². The Hall–Kier alpha value is -2.58. The maximum atomic E-state index is 12.8. The SMILES string of the molecule is Cc1ccc(C)c(S(=O)(=O)Nc2ccc(N3CCOCC3)cc2C(=O)O)c1. The smallest absolute Gasteiger partial charge is 0.337 e. The minimum atomic E-state index is -3.91. The van der Waals surface area contributed by atoms with E-state index in [0.717, 1.165) is 11.3 Å². The molecule has 0 aromatic heterocycles. The van der Waals surface area contributed by atoms with Gasteiger partial charge in [0.1, 0.15) is 0 Å². The van der Waals surface area contributed by atoms with E-state index in [9.17, 15) is 18.3 Å². The number of aryl methyl sites for hydroxylation is 2. The molecule has 1 saturated heterocycles. The summed E-state index contributed by atoms with van der Waals surface area (Å²) in [6.07, 6.45) is 0. The minimum absolute atomic E-state index is 0.0421. The monoisotopic (exact) mass is 390 g/mol. The summed E-state index contributed by atoms with van der Waals surface area (Å²) in [4.78, 5) is 13.9. The molecule has 0 amide bonds. The quantitative estimate of drug-likeness (QED) is 0.815. The van der Waals surface area contributed by atoms with E-state index in [4.69, 9.17) is 4.74 Å². The van der Waals surface area contributed by atoms with E-state index in [1.54, 1.807) is 32.0 Å². The number of sulfonamides is 1. The number of carboxylic acid groups (broad SMARTS) is 1. The fourth-order valence-electron chi connectivity index (χ4n) is 3.01. The molecule has 27 heavy (non-hydrogen) atoms. The first-order chi connectivity index (χ1) is 12.8. The fraction of sp³-hybridized carbons (Fsp3) is 0.316. The molecule has 1 fully saturated rings. The molecule has 0 saturated carbocycles. The standard InChI is InChI=1S/C19H22N2O5S/c1-13-3-4-14(2)18(11-13)27(24,25)20-17-6-5-15(12-16(17)19(22)23)21-7-9-26-10-8-21/h3-6,11-12,20H,7-10H2,1-2H3,(H,22,23). The molecule has 0 bridgehead atoms. The lowest BCUT2D eigenvalue weighted by Gasteiger charge is -2.29. The molecule has 0 atom stereocenters. The number of morpholine rings is 1. The molecule has 0 unspecified atom stereocenters. The van der Waals surface area contributed by atoms with Crippen LogP contribution >= 0.6 is 0 Å². The molecule has 2 aromatic rings. The first-order valence-electron chi connectivity index (χ1n) is 8.58. The van der Waals surface area contributed by atoms with Gasteiger partial charge in [-0.1, -0.05) is 12.1 Å².